The lowest BCUT2D eigenvalue weighted by molar-refractivity contribution is -0.116. The molecule has 0 aliphatic rings. The third kappa shape index (κ3) is 3.38. The number of aromatic nitrogens is 4. The number of carbonyl (C=O) groups is 1. The molecule has 1 aromatic heterocycles. The highest BCUT2D eigenvalue weighted by atomic mass is 32.2. The third-order valence-corrected chi connectivity index (χ3v) is 5.02. The molecule has 6 heteroatoms. The number of hydrogen-bond acceptors (Lipinski definition) is 5. The van der Waals surface area contributed by atoms with Gasteiger partial charge in [-0.15, -0.1) is 5.10 Å². The van der Waals surface area contributed by atoms with Crippen LogP contribution in [0.4, 0.5) is 0 Å². The van der Waals surface area contributed by atoms with Crippen LogP contribution in [0.15, 0.2) is 53.7 Å². The Balaban J connectivity index is 1.96. The molecule has 3 aromatic rings. The Bertz CT molecular complexity index is 860. The van der Waals surface area contributed by atoms with Crippen LogP contribution < -0.4 is 0 Å². The van der Waals surface area contributed by atoms with Crippen molar-refractivity contribution in [3.05, 3.63) is 65.2 Å². The normalized spacial score (nSPS) is 12.1. The smallest absolute Gasteiger partial charge is 0.215 e. The van der Waals surface area contributed by atoms with E-state index >= 15 is 0 Å². The van der Waals surface area contributed by atoms with Crippen molar-refractivity contribution >= 4 is 17.5 Å². The summed E-state index contributed by atoms with van der Waals surface area (Å²) < 4.78 is 1.69. The maximum Gasteiger partial charge on any atom is 0.215 e. The van der Waals surface area contributed by atoms with Gasteiger partial charge in [-0.2, -0.15) is 4.68 Å². The van der Waals surface area contributed by atoms with Crippen LogP contribution in [0, 0.1) is 13.8 Å². The number of nitrogens with zero attached hydrogens (tertiary/aromatic N) is 4. The summed E-state index contributed by atoms with van der Waals surface area (Å²) in [5.41, 5.74) is 4.14. The first-order valence-electron chi connectivity index (χ1n) is 7.64. The molecule has 3 rings (SSSR count). The fraction of sp³-hybridized carbons (Fsp3) is 0.222. The van der Waals surface area contributed by atoms with Gasteiger partial charge < -0.3 is 0 Å². The molecule has 1 atom stereocenters. The van der Waals surface area contributed by atoms with Gasteiger partial charge in [-0.25, -0.2) is 0 Å². The molecule has 0 radical (unpaired) electrons. The Morgan fingerprint density at radius 2 is 1.88 bits per heavy atom. The zero-order valence-corrected chi connectivity index (χ0v) is 14.6. The summed E-state index contributed by atoms with van der Waals surface area (Å²) in [7, 11) is 0. The number of benzene rings is 2. The average Bonchev–Trinajstić information content (AvgIpc) is 3.01. The molecule has 5 nitrogen and oxygen atoms in total. The molecule has 24 heavy (non-hydrogen) atoms. The highest BCUT2D eigenvalue weighted by Crippen LogP contribution is 2.35. The van der Waals surface area contributed by atoms with Gasteiger partial charge in [0.15, 0.2) is 0 Å². The van der Waals surface area contributed by atoms with Crippen molar-refractivity contribution in [2.75, 3.05) is 0 Å². The summed E-state index contributed by atoms with van der Waals surface area (Å²) in [5, 5.41) is 12.3. The van der Waals surface area contributed by atoms with Gasteiger partial charge in [-0.3, -0.25) is 4.79 Å². The number of Topliss-reactive ketones (excluding diaryl/α,β-unsaturated/α-hetero) is 1. The van der Waals surface area contributed by atoms with Crippen LogP contribution in [-0.4, -0.2) is 26.0 Å². The standard InChI is InChI=1S/C18H18N4OS/c1-12-9-10-16(13(2)11-12)22-18(19-20-21-22)24-17(14(3)23)15-7-5-4-6-8-15/h4-11,17H,1-3H3. The minimum Gasteiger partial charge on any atom is -0.298 e. The van der Waals surface area contributed by atoms with Crippen LogP contribution in [0.1, 0.15) is 28.9 Å². The molecule has 0 bridgehead atoms. The fourth-order valence-electron chi connectivity index (χ4n) is 2.57. The number of tetrazole rings is 1. The minimum absolute atomic E-state index is 0.0707. The zero-order chi connectivity index (χ0) is 17.1. The molecule has 0 fully saturated rings. The molecule has 122 valence electrons. The summed E-state index contributed by atoms with van der Waals surface area (Å²) >= 11 is 1.37. The molecule has 0 aliphatic heterocycles. The number of rotatable bonds is 5. The molecule has 0 N–H and O–H groups in total. The van der Waals surface area contributed by atoms with Crippen LogP contribution in [0.3, 0.4) is 0 Å². The van der Waals surface area contributed by atoms with Crippen LogP contribution in [-0.2, 0) is 4.79 Å². The largest absolute Gasteiger partial charge is 0.298 e. The molecular weight excluding hydrogens is 320 g/mol. The Morgan fingerprint density at radius 1 is 1.12 bits per heavy atom. The Hall–Kier alpha value is -2.47. The number of ketones is 1. The lowest BCUT2D eigenvalue weighted by Crippen LogP contribution is -2.08. The molecule has 0 aliphatic carbocycles. The van der Waals surface area contributed by atoms with E-state index in [1.165, 1.54) is 17.3 Å². The van der Waals surface area contributed by atoms with Gasteiger partial charge in [0, 0.05) is 0 Å². The summed E-state index contributed by atoms with van der Waals surface area (Å²) in [4.78, 5) is 12.1. The first-order chi connectivity index (χ1) is 11.6. The maximum absolute atomic E-state index is 12.1. The molecule has 0 spiro atoms. The molecular formula is C18H18N4OS. The quantitative estimate of drug-likeness (QED) is 0.664. The average molecular weight is 338 g/mol. The summed E-state index contributed by atoms with van der Waals surface area (Å²) in [5.74, 6) is 0.0707. The van der Waals surface area contributed by atoms with E-state index in [2.05, 4.69) is 21.6 Å². The number of thioether (sulfide) groups is 1. The molecule has 2 aromatic carbocycles. The van der Waals surface area contributed by atoms with Crippen molar-refractivity contribution < 1.29 is 4.79 Å². The van der Waals surface area contributed by atoms with Crippen molar-refractivity contribution in [3.63, 3.8) is 0 Å². The predicted molar refractivity (Wildman–Crippen MR) is 94.3 cm³/mol. The molecule has 1 unspecified atom stereocenters. The van der Waals surface area contributed by atoms with Crippen molar-refractivity contribution in [1.82, 2.24) is 20.2 Å². The van der Waals surface area contributed by atoms with Crippen molar-refractivity contribution in [1.29, 1.82) is 0 Å². The van der Waals surface area contributed by atoms with E-state index in [0.29, 0.717) is 5.16 Å². The highest BCUT2D eigenvalue weighted by Gasteiger charge is 2.22. The molecule has 0 saturated carbocycles. The van der Waals surface area contributed by atoms with Gasteiger partial charge in [0.1, 0.15) is 5.78 Å². The first kappa shape index (κ1) is 16.4. The lowest BCUT2D eigenvalue weighted by Gasteiger charge is -2.14. The van der Waals surface area contributed by atoms with E-state index < -0.39 is 0 Å². The maximum atomic E-state index is 12.1. The van der Waals surface area contributed by atoms with Crippen molar-refractivity contribution in [2.24, 2.45) is 0 Å². The number of carbonyl (C=O) groups excluding carboxylic acids is 1. The lowest BCUT2D eigenvalue weighted by atomic mass is 10.1. The van der Waals surface area contributed by atoms with E-state index in [4.69, 9.17) is 0 Å². The zero-order valence-electron chi connectivity index (χ0n) is 13.8. The Labute approximate surface area is 145 Å². The van der Waals surface area contributed by atoms with E-state index in [1.54, 1.807) is 11.6 Å². The van der Waals surface area contributed by atoms with Crippen LogP contribution in [0.2, 0.25) is 0 Å². The van der Waals surface area contributed by atoms with Crippen LogP contribution in [0.5, 0.6) is 0 Å². The monoisotopic (exact) mass is 338 g/mol. The topological polar surface area (TPSA) is 60.7 Å². The van der Waals surface area contributed by atoms with Crippen molar-refractivity contribution in [2.45, 2.75) is 31.2 Å². The molecule has 1 heterocycles. The molecule has 0 amide bonds. The Morgan fingerprint density at radius 3 is 2.54 bits per heavy atom. The minimum atomic E-state index is -0.332. The van der Waals surface area contributed by atoms with Crippen LogP contribution >= 0.6 is 11.8 Å². The predicted octanol–water partition coefficient (Wildman–Crippen LogP) is 3.70. The summed E-state index contributed by atoms with van der Waals surface area (Å²) in [6, 6.07) is 15.8. The highest BCUT2D eigenvalue weighted by molar-refractivity contribution is 8.00. The van der Waals surface area contributed by atoms with Crippen LogP contribution in [0.25, 0.3) is 5.69 Å². The Kier molecular flexibility index (Phi) is 4.76. The van der Waals surface area contributed by atoms with Gasteiger partial charge in [-0.05, 0) is 48.4 Å². The second-order valence-corrected chi connectivity index (χ2v) is 6.75. The van der Waals surface area contributed by atoms with E-state index in [-0.39, 0.29) is 11.0 Å². The molecule has 0 saturated heterocycles. The van der Waals surface area contributed by atoms with Gasteiger partial charge in [-0.1, -0.05) is 59.8 Å². The van der Waals surface area contributed by atoms with Gasteiger partial charge in [0.05, 0.1) is 10.9 Å². The SMILES string of the molecule is CC(=O)C(Sc1nnnn1-c1ccc(C)cc1C)c1ccccc1. The van der Waals surface area contributed by atoms with Gasteiger partial charge >= 0.3 is 0 Å². The number of hydrogen-bond donors (Lipinski definition) is 0. The second kappa shape index (κ2) is 6.97. The van der Waals surface area contributed by atoms with E-state index in [9.17, 15) is 4.79 Å². The fourth-order valence-corrected chi connectivity index (χ4v) is 3.55. The van der Waals surface area contributed by atoms with E-state index in [0.717, 1.165) is 16.8 Å². The second-order valence-electron chi connectivity index (χ2n) is 5.68. The van der Waals surface area contributed by atoms with Gasteiger partial charge in [0.25, 0.3) is 0 Å². The van der Waals surface area contributed by atoms with E-state index in [1.807, 2.05) is 56.3 Å². The first-order valence-corrected chi connectivity index (χ1v) is 8.52. The van der Waals surface area contributed by atoms with Crippen molar-refractivity contribution in [3.8, 4) is 5.69 Å². The third-order valence-electron chi connectivity index (χ3n) is 3.72. The summed E-state index contributed by atoms with van der Waals surface area (Å²) in [6.45, 7) is 5.67. The van der Waals surface area contributed by atoms with Gasteiger partial charge in [0.2, 0.25) is 5.16 Å². The number of aryl methyl sites for hydroxylation is 2. The summed E-state index contributed by atoms with van der Waals surface area (Å²) in [6.07, 6.45) is 0.